The molecule has 2 atom stereocenters. The van der Waals surface area contributed by atoms with Crippen LogP contribution in [0.4, 0.5) is 0 Å². The van der Waals surface area contributed by atoms with E-state index >= 15 is 0 Å². The first-order chi connectivity index (χ1) is 13.2. The molecule has 1 N–H and O–H groups in total. The van der Waals surface area contributed by atoms with Gasteiger partial charge in [-0.15, -0.1) is 23.1 Å². The molecule has 3 heterocycles. The van der Waals surface area contributed by atoms with Gasteiger partial charge in [-0.05, 0) is 47.4 Å². The number of aromatic nitrogens is 1. The van der Waals surface area contributed by atoms with E-state index in [0.29, 0.717) is 11.6 Å². The first-order valence-electron chi connectivity index (χ1n) is 8.58. The fraction of sp³-hybridized carbons (Fsp3) is 0.190. The molecular weight excluding hydrogens is 398 g/mol. The lowest BCUT2D eigenvalue weighted by atomic mass is 9.91. The van der Waals surface area contributed by atoms with Crippen LogP contribution in [0.5, 0.6) is 5.75 Å². The second-order valence-corrected chi connectivity index (χ2v) is 8.72. The lowest BCUT2D eigenvalue weighted by Gasteiger charge is -2.20. The molecular formula is C21H18ClNO2S2. The van der Waals surface area contributed by atoms with Crippen LogP contribution in [0.25, 0.3) is 0 Å². The highest BCUT2D eigenvalue weighted by Crippen LogP contribution is 2.48. The maximum atomic E-state index is 11.1. The zero-order valence-electron chi connectivity index (χ0n) is 14.4. The van der Waals surface area contributed by atoms with Crippen molar-refractivity contribution in [1.29, 1.82) is 0 Å². The lowest BCUT2D eigenvalue weighted by Crippen LogP contribution is -2.11. The van der Waals surface area contributed by atoms with Crippen LogP contribution in [0.1, 0.15) is 22.5 Å². The molecule has 138 valence electrons. The highest BCUT2D eigenvalue weighted by molar-refractivity contribution is 8.03. The number of ether oxygens (including phenoxy) is 1. The summed E-state index contributed by atoms with van der Waals surface area (Å²) in [6.07, 6.45) is 2.75. The number of rotatable bonds is 6. The van der Waals surface area contributed by atoms with Gasteiger partial charge < -0.3 is 9.84 Å². The number of pyridine rings is 1. The van der Waals surface area contributed by atoms with E-state index < -0.39 is 6.10 Å². The Kier molecular flexibility index (Phi) is 5.83. The monoisotopic (exact) mass is 415 g/mol. The molecule has 0 saturated heterocycles. The van der Waals surface area contributed by atoms with E-state index in [0.717, 1.165) is 27.5 Å². The number of thioether (sulfide) groups is 1. The van der Waals surface area contributed by atoms with Gasteiger partial charge in [0, 0.05) is 44.4 Å². The molecule has 1 aliphatic rings. The van der Waals surface area contributed by atoms with Crippen molar-refractivity contribution in [3.8, 4) is 5.75 Å². The molecule has 0 aliphatic carbocycles. The number of aliphatic hydroxyl groups excluding tert-OH is 1. The quantitative estimate of drug-likeness (QED) is 0.561. The molecule has 0 spiro atoms. The fourth-order valence-electron chi connectivity index (χ4n) is 3.14. The van der Waals surface area contributed by atoms with Crippen LogP contribution in [-0.2, 0) is 0 Å². The average molecular weight is 416 g/mol. The van der Waals surface area contributed by atoms with E-state index in [1.165, 1.54) is 4.88 Å². The summed E-state index contributed by atoms with van der Waals surface area (Å²) in [5.74, 6) is 1.86. The summed E-state index contributed by atoms with van der Waals surface area (Å²) >= 11 is 9.42. The Hall–Kier alpha value is -1.79. The molecule has 3 aromatic rings. The zero-order valence-corrected chi connectivity index (χ0v) is 16.8. The Balaban J connectivity index is 1.63. The molecule has 2 aromatic heterocycles. The molecule has 0 saturated carbocycles. The second kappa shape index (κ2) is 8.48. The maximum Gasteiger partial charge on any atom is 0.119 e. The molecule has 6 heteroatoms. The van der Waals surface area contributed by atoms with E-state index in [9.17, 15) is 5.11 Å². The van der Waals surface area contributed by atoms with Gasteiger partial charge in [0.05, 0.1) is 0 Å². The minimum absolute atomic E-state index is 0.189. The molecule has 4 rings (SSSR count). The Labute approximate surface area is 171 Å². The third kappa shape index (κ3) is 4.22. The number of thiophene rings is 1. The normalized spacial score (nSPS) is 17.9. The number of halogens is 1. The van der Waals surface area contributed by atoms with Crippen molar-refractivity contribution in [2.24, 2.45) is 0 Å². The number of aliphatic hydroxyl groups is 1. The number of benzene rings is 1. The van der Waals surface area contributed by atoms with E-state index in [1.807, 2.05) is 36.4 Å². The largest absolute Gasteiger partial charge is 0.488 e. The summed E-state index contributed by atoms with van der Waals surface area (Å²) in [6, 6.07) is 15.3. The van der Waals surface area contributed by atoms with Gasteiger partial charge in [0.25, 0.3) is 0 Å². The molecule has 3 nitrogen and oxygen atoms in total. The molecule has 2 unspecified atom stereocenters. The van der Waals surface area contributed by atoms with E-state index in [1.54, 1.807) is 35.5 Å². The van der Waals surface area contributed by atoms with Crippen LogP contribution in [-0.4, -0.2) is 22.5 Å². The van der Waals surface area contributed by atoms with Gasteiger partial charge in [-0.25, -0.2) is 0 Å². The Bertz CT molecular complexity index is 911. The van der Waals surface area contributed by atoms with Crippen molar-refractivity contribution in [2.75, 3.05) is 12.4 Å². The third-order valence-corrected chi connectivity index (χ3v) is 6.93. The molecule has 0 amide bonds. The van der Waals surface area contributed by atoms with Crippen molar-refractivity contribution in [3.63, 3.8) is 0 Å². The summed E-state index contributed by atoms with van der Waals surface area (Å²) in [5, 5.41) is 13.9. The van der Waals surface area contributed by atoms with E-state index in [-0.39, 0.29) is 5.92 Å². The van der Waals surface area contributed by atoms with Crippen LogP contribution in [0.2, 0.25) is 5.02 Å². The molecule has 1 aliphatic heterocycles. The van der Waals surface area contributed by atoms with E-state index in [2.05, 4.69) is 22.5 Å². The van der Waals surface area contributed by atoms with Gasteiger partial charge in [-0.3, -0.25) is 4.98 Å². The van der Waals surface area contributed by atoms with Crippen LogP contribution in [0, 0.1) is 0 Å². The highest BCUT2D eigenvalue weighted by atomic mass is 35.5. The van der Waals surface area contributed by atoms with Crippen LogP contribution in [0.3, 0.4) is 0 Å². The van der Waals surface area contributed by atoms with Crippen LogP contribution in [0.15, 0.2) is 76.8 Å². The third-order valence-electron chi connectivity index (χ3n) is 4.49. The van der Waals surface area contributed by atoms with Crippen LogP contribution < -0.4 is 4.74 Å². The molecule has 0 radical (unpaired) electrons. The van der Waals surface area contributed by atoms with Gasteiger partial charge in [-0.2, -0.15) is 0 Å². The van der Waals surface area contributed by atoms with Crippen LogP contribution >= 0.6 is 34.7 Å². The summed E-state index contributed by atoms with van der Waals surface area (Å²) < 4.78 is 5.97. The number of hydrogen-bond donors (Lipinski definition) is 1. The van der Waals surface area contributed by atoms with Crippen molar-refractivity contribution in [1.82, 2.24) is 4.98 Å². The van der Waals surface area contributed by atoms with Gasteiger partial charge in [-0.1, -0.05) is 23.7 Å². The highest BCUT2D eigenvalue weighted by Gasteiger charge is 2.33. The van der Waals surface area contributed by atoms with Crippen molar-refractivity contribution in [3.05, 3.63) is 92.2 Å². The predicted octanol–water partition coefficient (Wildman–Crippen LogP) is 5.69. The fourth-order valence-corrected chi connectivity index (χ4v) is 5.51. The zero-order chi connectivity index (χ0) is 18.6. The second-order valence-electron chi connectivity index (χ2n) is 6.19. The lowest BCUT2D eigenvalue weighted by molar-refractivity contribution is 0.207. The average Bonchev–Trinajstić information content (AvgIpc) is 3.37. The summed E-state index contributed by atoms with van der Waals surface area (Å²) in [5.41, 5.74) is 1.82. The minimum atomic E-state index is -0.690. The standard InChI is InChI=1S/C21H18ClNO2S2/c22-15-5-7-16(8-6-15)25-12-19-20(21(24)14-3-1-9-23-11-14)17(13-27-19)18-4-2-10-26-18/h1-11,17,21,24H,12-13H2. The Morgan fingerprint density at radius 2 is 2.04 bits per heavy atom. The number of nitrogens with zero attached hydrogens (tertiary/aromatic N) is 1. The smallest absolute Gasteiger partial charge is 0.119 e. The molecule has 0 fully saturated rings. The summed E-state index contributed by atoms with van der Waals surface area (Å²) in [6.45, 7) is 0.431. The summed E-state index contributed by atoms with van der Waals surface area (Å²) in [7, 11) is 0. The Morgan fingerprint density at radius 3 is 2.74 bits per heavy atom. The van der Waals surface area contributed by atoms with Crippen molar-refractivity contribution < 1.29 is 9.84 Å². The first-order valence-corrected chi connectivity index (χ1v) is 10.8. The van der Waals surface area contributed by atoms with Gasteiger partial charge in [0.1, 0.15) is 18.5 Å². The molecule has 27 heavy (non-hydrogen) atoms. The van der Waals surface area contributed by atoms with Crippen molar-refractivity contribution in [2.45, 2.75) is 12.0 Å². The van der Waals surface area contributed by atoms with Gasteiger partial charge >= 0.3 is 0 Å². The van der Waals surface area contributed by atoms with Gasteiger partial charge in [0.2, 0.25) is 0 Å². The van der Waals surface area contributed by atoms with Crippen molar-refractivity contribution >= 4 is 34.7 Å². The minimum Gasteiger partial charge on any atom is -0.488 e. The van der Waals surface area contributed by atoms with E-state index in [4.69, 9.17) is 16.3 Å². The topological polar surface area (TPSA) is 42.4 Å². The van der Waals surface area contributed by atoms with Gasteiger partial charge in [0.15, 0.2) is 0 Å². The first kappa shape index (κ1) is 18.6. The molecule has 0 bridgehead atoms. The SMILES string of the molecule is OC(C1=C(COc2ccc(Cl)cc2)SCC1c1cccs1)c1cccnc1. The molecule has 1 aromatic carbocycles. The Morgan fingerprint density at radius 1 is 1.19 bits per heavy atom. The maximum absolute atomic E-state index is 11.1. The number of hydrogen-bond acceptors (Lipinski definition) is 5. The summed E-state index contributed by atoms with van der Waals surface area (Å²) in [4.78, 5) is 6.51. The predicted molar refractivity (Wildman–Crippen MR) is 113 cm³/mol.